The van der Waals surface area contributed by atoms with Crippen molar-refractivity contribution < 1.29 is 9.21 Å². The zero-order chi connectivity index (χ0) is 10.8. The summed E-state index contributed by atoms with van der Waals surface area (Å²) in [5.41, 5.74) is 2.17. The molecule has 2 rings (SSSR count). The number of rotatable bonds is 2. The number of carbonyl (C=O) groups excluding carboxylic acids is 1. The fraction of sp³-hybridized carbons (Fsp3) is 0.0909. The molecular weight excluding hydrogens is 214 g/mol. The summed E-state index contributed by atoms with van der Waals surface area (Å²) in [6.07, 6.45) is 1.39. The first-order chi connectivity index (χ1) is 7.18. The van der Waals surface area contributed by atoms with Crippen LogP contribution in [-0.2, 0) is 0 Å². The van der Waals surface area contributed by atoms with Gasteiger partial charge in [0.15, 0.2) is 12.2 Å². The number of benzene rings is 1. The third-order valence-corrected chi connectivity index (χ3v) is 2.34. The Hall–Kier alpha value is -1.61. The predicted molar refractivity (Wildman–Crippen MR) is 56.9 cm³/mol. The Kier molecular flexibility index (Phi) is 2.56. The van der Waals surface area contributed by atoms with Crippen LogP contribution in [0.25, 0.3) is 11.3 Å². The fourth-order valence-corrected chi connectivity index (χ4v) is 1.46. The minimum Gasteiger partial charge on any atom is -0.443 e. The van der Waals surface area contributed by atoms with E-state index in [1.807, 2.05) is 6.92 Å². The Morgan fingerprint density at radius 2 is 2.00 bits per heavy atom. The molecule has 1 heterocycles. The van der Waals surface area contributed by atoms with Gasteiger partial charge in [0.05, 0.1) is 5.69 Å². The van der Waals surface area contributed by atoms with Gasteiger partial charge in [0.2, 0.25) is 0 Å². The lowest BCUT2D eigenvalue weighted by Crippen LogP contribution is -1.87. The molecule has 4 heteroatoms. The summed E-state index contributed by atoms with van der Waals surface area (Å²) in [6.45, 7) is 1.86. The van der Waals surface area contributed by atoms with E-state index in [-0.39, 0.29) is 0 Å². The predicted octanol–water partition coefficient (Wildman–Crippen LogP) is 3.03. The monoisotopic (exact) mass is 221 g/mol. The number of aromatic nitrogens is 1. The van der Waals surface area contributed by atoms with E-state index in [4.69, 9.17) is 16.0 Å². The summed E-state index contributed by atoms with van der Waals surface area (Å²) in [5.74, 6) is 0.712. The molecule has 0 saturated heterocycles. The lowest BCUT2D eigenvalue weighted by molar-refractivity contribution is 0.108. The van der Waals surface area contributed by atoms with Gasteiger partial charge < -0.3 is 4.42 Å². The molecule has 15 heavy (non-hydrogen) atoms. The van der Waals surface area contributed by atoms with Crippen LogP contribution < -0.4 is 0 Å². The Morgan fingerprint density at radius 3 is 2.47 bits per heavy atom. The average molecular weight is 222 g/mol. The normalized spacial score (nSPS) is 10.3. The van der Waals surface area contributed by atoms with Gasteiger partial charge in [0, 0.05) is 11.1 Å². The third-order valence-electron chi connectivity index (χ3n) is 2.12. The highest BCUT2D eigenvalue weighted by molar-refractivity contribution is 6.67. The highest BCUT2D eigenvalue weighted by Crippen LogP contribution is 2.22. The van der Waals surface area contributed by atoms with Crippen LogP contribution in [0.15, 0.2) is 35.1 Å². The van der Waals surface area contributed by atoms with E-state index in [2.05, 4.69) is 4.98 Å². The molecule has 0 atom stereocenters. The van der Waals surface area contributed by atoms with E-state index in [9.17, 15) is 4.79 Å². The molecule has 0 amide bonds. The second-order valence-electron chi connectivity index (χ2n) is 3.12. The van der Waals surface area contributed by atoms with Crippen molar-refractivity contribution in [2.75, 3.05) is 0 Å². The Balaban J connectivity index is 2.40. The quantitative estimate of drug-likeness (QED) is 0.732. The van der Waals surface area contributed by atoms with Crippen LogP contribution in [0, 0.1) is 6.92 Å². The van der Waals surface area contributed by atoms with Gasteiger partial charge in [-0.1, -0.05) is 12.1 Å². The van der Waals surface area contributed by atoms with Crippen molar-refractivity contribution >= 4 is 16.8 Å². The van der Waals surface area contributed by atoms with E-state index in [0.717, 1.165) is 11.3 Å². The number of oxazole rings is 1. The van der Waals surface area contributed by atoms with Gasteiger partial charge >= 0.3 is 0 Å². The summed E-state index contributed by atoms with van der Waals surface area (Å²) in [5, 5.41) is -0.462. The number of hydrogen-bond donors (Lipinski definition) is 0. The minimum atomic E-state index is -0.462. The van der Waals surface area contributed by atoms with Crippen molar-refractivity contribution in [1.29, 1.82) is 0 Å². The van der Waals surface area contributed by atoms with Crippen molar-refractivity contribution in [3.8, 4) is 11.3 Å². The first-order valence-electron chi connectivity index (χ1n) is 4.39. The van der Waals surface area contributed by atoms with Crippen LogP contribution in [0.2, 0.25) is 0 Å². The van der Waals surface area contributed by atoms with Crippen LogP contribution in [-0.4, -0.2) is 10.2 Å². The Labute approximate surface area is 91.7 Å². The standard InChI is InChI=1S/C11H8ClNO2/c1-7-10(15-6-13-7)8-2-4-9(5-3-8)11(12)14/h2-6H,1H3. The van der Waals surface area contributed by atoms with Gasteiger partial charge in [-0.3, -0.25) is 4.79 Å². The highest BCUT2D eigenvalue weighted by Gasteiger charge is 2.07. The second kappa shape index (κ2) is 3.87. The first kappa shape index (κ1) is 9.93. The van der Waals surface area contributed by atoms with Crippen molar-refractivity contribution in [2.45, 2.75) is 6.92 Å². The summed E-state index contributed by atoms with van der Waals surface area (Å²) in [6, 6.07) is 6.88. The van der Waals surface area contributed by atoms with Crippen LogP contribution >= 0.6 is 11.6 Å². The third kappa shape index (κ3) is 1.92. The van der Waals surface area contributed by atoms with Crippen molar-refractivity contribution in [3.63, 3.8) is 0 Å². The summed E-state index contributed by atoms with van der Waals surface area (Å²) in [7, 11) is 0. The largest absolute Gasteiger partial charge is 0.443 e. The van der Waals surface area contributed by atoms with E-state index in [1.165, 1.54) is 6.39 Å². The number of hydrogen-bond acceptors (Lipinski definition) is 3. The van der Waals surface area contributed by atoms with Gasteiger partial charge in [0.1, 0.15) is 0 Å². The van der Waals surface area contributed by atoms with Gasteiger partial charge in [-0.05, 0) is 30.7 Å². The zero-order valence-electron chi connectivity index (χ0n) is 8.03. The molecule has 0 fully saturated rings. The molecule has 3 nitrogen and oxygen atoms in total. The van der Waals surface area contributed by atoms with Crippen LogP contribution in [0.1, 0.15) is 16.1 Å². The first-order valence-corrected chi connectivity index (χ1v) is 4.76. The van der Waals surface area contributed by atoms with Gasteiger partial charge in [0.25, 0.3) is 5.24 Å². The average Bonchev–Trinajstić information content (AvgIpc) is 2.65. The molecule has 0 aliphatic carbocycles. The molecule has 0 saturated carbocycles. The van der Waals surface area contributed by atoms with Crippen LogP contribution in [0.5, 0.6) is 0 Å². The second-order valence-corrected chi connectivity index (χ2v) is 3.46. The minimum absolute atomic E-state index is 0.462. The van der Waals surface area contributed by atoms with Crippen molar-refractivity contribution in [2.24, 2.45) is 0 Å². The highest BCUT2D eigenvalue weighted by atomic mass is 35.5. The molecule has 0 bridgehead atoms. The maximum atomic E-state index is 10.8. The van der Waals surface area contributed by atoms with Crippen molar-refractivity contribution in [1.82, 2.24) is 4.98 Å². The maximum absolute atomic E-state index is 10.8. The number of nitrogens with zero attached hydrogens (tertiary/aromatic N) is 1. The number of halogens is 1. The van der Waals surface area contributed by atoms with E-state index in [1.54, 1.807) is 24.3 Å². The van der Waals surface area contributed by atoms with Crippen molar-refractivity contribution in [3.05, 3.63) is 41.9 Å². The molecule has 0 spiro atoms. The SMILES string of the molecule is Cc1ncoc1-c1ccc(C(=O)Cl)cc1. The van der Waals surface area contributed by atoms with Gasteiger partial charge in [-0.15, -0.1) is 0 Å². The molecule has 0 unspecified atom stereocenters. The topological polar surface area (TPSA) is 43.1 Å². The smallest absolute Gasteiger partial charge is 0.252 e. The molecule has 76 valence electrons. The number of aryl methyl sites for hydroxylation is 1. The molecule has 0 radical (unpaired) electrons. The molecular formula is C11H8ClNO2. The summed E-state index contributed by atoms with van der Waals surface area (Å²) in [4.78, 5) is 14.8. The van der Waals surface area contributed by atoms with Crippen LogP contribution in [0.4, 0.5) is 0 Å². The maximum Gasteiger partial charge on any atom is 0.252 e. The van der Waals surface area contributed by atoms with E-state index < -0.39 is 5.24 Å². The molecule has 1 aromatic carbocycles. The number of carbonyl (C=O) groups is 1. The van der Waals surface area contributed by atoms with E-state index >= 15 is 0 Å². The van der Waals surface area contributed by atoms with Gasteiger partial charge in [-0.2, -0.15) is 0 Å². The molecule has 1 aromatic heterocycles. The Bertz CT molecular complexity index is 488. The summed E-state index contributed by atoms with van der Waals surface area (Å²) < 4.78 is 5.22. The Morgan fingerprint density at radius 1 is 1.33 bits per heavy atom. The summed E-state index contributed by atoms with van der Waals surface area (Å²) >= 11 is 5.34. The lowest BCUT2D eigenvalue weighted by Gasteiger charge is -1.98. The molecule has 0 aliphatic rings. The van der Waals surface area contributed by atoms with E-state index in [0.29, 0.717) is 11.3 Å². The van der Waals surface area contributed by atoms with Crippen LogP contribution in [0.3, 0.4) is 0 Å². The molecule has 2 aromatic rings. The van der Waals surface area contributed by atoms with Gasteiger partial charge in [-0.25, -0.2) is 4.98 Å². The lowest BCUT2D eigenvalue weighted by atomic mass is 10.1. The molecule has 0 N–H and O–H groups in total. The molecule has 0 aliphatic heterocycles. The zero-order valence-corrected chi connectivity index (χ0v) is 8.78. The fourth-order valence-electron chi connectivity index (χ4n) is 1.33.